The average Bonchev–Trinajstić information content (AvgIpc) is 1.97. The number of aromatic hydroxyl groups is 1. The highest BCUT2D eigenvalue weighted by atomic mass is 32.2. The molecule has 0 unspecified atom stereocenters. The Kier molecular flexibility index (Phi) is 3.04. The summed E-state index contributed by atoms with van der Waals surface area (Å²) in [7, 11) is -4.49. The molecule has 90 valence electrons. The van der Waals surface area contributed by atoms with Crippen LogP contribution in [0.5, 0.6) is 5.75 Å². The summed E-state index contributed by atoms with van der Waals surface area (Å²) in [6.07, 6.45) is 0. The smallest absolute Gasteiger partial charge is 0.124 e. The number of phenolic OH excluding ortho intramolecular Hbond substituents is 1. The average molecular weight is 243 g/mol. The molecule has 0 amide bonds. The fourth-order valence-electron chi connectivity index (χ4n) is 1.54. The van der Waals surface area contributed by atoms with Gasteiger partial charge < -0.3 is 9.66 Å². The van der Waals surface area contributed by atoms with E-state index in [2.05, 4.69) is 0 Å². The fourth-order valence-corrected chi connectivity index (χ4v) is 2.26. The predicted octanol–water partition coefficient (Wildman–Crippen LogP) is 1.90. The molecule has 1 aromatic carbocycles. The van der Waals surface area contributed by atoms with E-state index in [1.807, 2.05) is 20.8 Å². The first-order valence-electron chi connectivity index (χ1n) is 4.83. The third-order valence-corrected chi connectivity index (χ3v) is 3.35. The molecule has 0 bridgehead atoms. The van der Waals surface area contributed by atoms with Crippen molar-refractivity contribution in [2.24, 2.45) is 0 Å². The lowest BCUT2D eigenvalue weighted by atomic mass is 9.86. The second-order valence-corrected chi connectivity index (χ2v) is 6.19. The van der Waals surface area contributed by atoms with E-state index in [-0.39, 0.29) is 16.2 Å². The Labute approximate surface area is 95.7 Å². The molecule has 1 N–H and O–H groups in total. The lowest BCUT2D eigenvalue weighted by Crippen LogP contribution is -2.13. The van der Waals surface area contributed by atoms with Gasteiger partial charge in [0.2, 0.25) is 0 Å². The highest BCUT2D eigenvalue weighted by molar-refractivity contribution is 7.85. The first-order valence-corrected chi connectivity index (χ1v) is 6.24. The summed E-state index contributed by atoms with van der Waals surface area (Å²) in [5.74, 6) is 0.0115. The molecule has 0 aliphatic heterocycles. The molecule has 0 radical (unpaired) electrons. The minimum atomic E-state index is -4.49. The van der Waals surface area contributed by atoms with Crippen molar-refractivity contribution in [3.8, 4) is 5.75 Å². The molecule has 0 aromatic heterocycles. The van der Waals surface area contributed by atoms with Crippen molar-refractivity contribution < 1.29 is 18.1 Å². The number of aryl methyl sites for hydroxylation is 1. The molecule has 1 aromatic rings. The van der Waals surface area contributed by atoms with E-state index in [1.54, 1.807) is 0 Å². The van der Waals surface area contributed by atoms with Crippen LogP contribution in [0.4, 0.5) is 0 Å². The van der Waals surface area contributed by atoms with Gasteiger partial charge in [-0.05, 0) is 30.0 Å². The third-order valence-electron chi connectivity index (χ3n) is 2.37. The summed E-state index contributed by atoms with van der Waals surface area (Å²) in [5.41, 5.74) is 0.296. The minimum absolute atomic E-state index is 0.0115. The number of benzene rings is 1. The number of hydrogen-bond acceptors (Lipinski definition) is 4. The summed E-state index contributed by atoms with van der Waals surface area (Å²) >= 11 is 0. The van der Waals surface area contributed by atoms with Crippen molar-refractivity contribution >= 4 is 10.1 Å². The van der Waals surface area contributed by atoms with E-state index >= 15 is 0 Å². The van der Waals surface area contributed by atoms with Crippen molar-refractivity contribution in [2.75, 3.05) is 0 Å². The summed E-state index contributed by atoms with van der Waals surface area (Å²) in [6, 6.07) is 2.57. The number of phenols is 1. The second kappa shape index (κ2) is 3.75. The van der Waals surface area contributed by atoms with Crippen molar-refractivity contribution in [1.29, 1.82) is 0 Å². The van der Waals surface area contributed by atoms with E-state index in [0.717, 1.165) is 0 Å². The largest absolute Gasteiger partial charge is 0.744 e. The van der Waals surface area contributed by atoms with Gasteiger partial charge in [0, 0.05) is 5.56 Å². The Morgan fingerprint density at radius 1 is 1.25 bits per heavy atom. The van der Waals surface area contributed by atoms with E-state index in [0.29, 0.717) is 5.56 Å². The predicted molar refractivity (Wildman–Crippen MR) is 59.5 cm³/mol. The maximum atomic E-state index is 11.0. The zero-order valence-electron chi connectivity index (χ0n) is 9.73. The van der Waals surface area contributed by atoms with Gasteiger partial charge in [0.25, 0.3) is 0 Å². The van der Waals surface area contributed by atoms with Crippen molar-refractivity contribution in [3.63, 3.8) is 0 Å². The van der Waals surface area contributed by atoms with Crippen molar-refractivity contribution in [2.45, 2.75) is 38.0 Å². The van der Waals surface area contributed by atoms with Crippen LogP contribution in [0.15, 0.2) is 17.0 Å². The highest BCUT2D eigenvalue weighted by Gasteiger charge is 2.21. The molecule has 16 heavy (non-hydrogen) atoms. The Morgan fingerprint density at radius 3 is 2.12 bits per heavy atom. The topological polar surface area (TPSA) is 77.4 Å². The minimum Gasteiger partial charge on any atom is -0.744 e. The van der Waals surface area contributed by atoms with Crippen LogP contribution in [0.1, 0.15) is 31.9 Å². The van der Waals surface area contributed by atoms with Crippen LogP contribution in [-0.2, 0) is 15.5 Å². The Balaban J connectivity index is 3.58. The SMILES string of the molecule is Cc1cc(O)c(C(C)(C)C)cc1S(=O)(=O)[O-]. The molecule has 1 rings (SSSR count). The van der Waals surface area contributed by atoms with Gasteiger partial charge in [-0.1, -0.05) is 20.8 Å². The van der Waals surface area contributed by atoms with Crippen LogP contribution in [0.3, 0.4) is 0 Å². The van der Waals surface area contributed by atoms with Gasteiger partial charge in [0.05, 0.1) is 4.90 Å². The normalized spacial score (nSPS) is 12.8. The van der Waals surface area contributed by atoms with Gasteiger partial charge in [-0.15, -0.1) is 0 Å². The van der Waals surface area contributed by atoms with Crippen LogP contribution >= 0.6 is 0 Å². The Hall–Kier alpha value is -1.07. The molecule has 0 saturated carbocycles. The maximum absolute atomic E-state index is 11.0. The van der Waals surface area contributed by atoms with Crippen LogP contribution in [0.25, 0.3) is 0 Å². The van der Waals surface area contributed by atoms with Gasteiger partial charge in [0.1, 0.15) is 15.9 Å². The maximum Gasteiger partial charge on any atom is 0.124 e. The Bertz CT molecular complexity index is 510. The summed E-state index contributed by atoms with van der Waals surface area (Å²) in [4.78, 5) is -0.268. The number of rotatable bonds is 1. The number of hydrogen-bond donors (Lipinski definition) is 1. The summed E-state index contributed by atoms with van der Waals surface area (Å²) in [5, 5.41) is 9.72. The molecule has 0 atom stereocenters. The quantitative estimate of drug-likeness (QED) is 0.764. The van der Waals surface area contributed by atoms with Crippen molar-refractivity contribution in [1.82, 2.24) is 0 Å². The molecule has 0 saturated heterocycles. The molecule has 0 spiro atoms. The van der Waals surface area contributed by atoms with Gasteiger partial charge in [-0.2, -0.15) is 0 Å². The monoisotopic (exact) mass is 243 g/mol. The zero-order chi connectivity index (χ0) is 12.7. The second-order valence-electron chi connectivity index (χ2n) is 4.84. The third kappa shape index (κ3) is 2.54. The molecule has 4 nitrogen and oxygen atoms in total. The van der Waals surface area contributed by atoms with Gasteiger partial charge in [-0.3, -0.25) is 0 Å². The lowest BCUT2D eigenvalue weighted by Gasteiger charge is -2.23. The molecular weight excluding hydrogens is 228 g/mol. The van der Waals surface area contributed by atoms with E-state index in [1.165, 1.54) is 19.1 Å². The Morgan fingerprint density at radius 2 is 1.75 bits per heavy atom. The highest BCUT2D eigenvalue weighted by Crippen LogP contribution is 2.34. The van der Waals surface area contributed by atoms with Crippen LogP contribution in [0.2, 0.25) is 0 Å². The zero-order valence-corrected chi connectivity index (χ0v) is 10.6. The van der Waals surface area contributed by atoms with E-state index in [4.69, 9.17) is 0 Å². The van der Waals surface area contributed by atoms with Crippen molar-refractivity contribution in [3.05, 3.63) is 23.3 Å². The van der Waals surface area contributed by atoms with E-state index in [9.17, 15) is 18.1 Å². The van der Waals surface area contributed by atoms with Gasteiger partial charge in [0.15, 0.2) is 0 Å². The molecule has 5 heteroatoms. The molecule has 0 heterocycles. The first-order chi connectivity index (χ1) is 7.03. The summed E-state index contributed by atoms with van der Waals surface area (Å²) < 4.78 is 33.0. The molecule has 0 fully saturated rings. The van der Waals surface area contributed by atoms with Crippen LogP contribution in [0, 0.1) is 6.92 Å². The first kappa shape index (κ1) is 13.0. The van der Waals surface area contributed by atoms with Crippen LogP contribution in [-0.4, -0.2) is 18.1 Å². The van der Waals surface area contributed by atoms with Crippen LogP contribution < -0.4 is 0 Å². The van der Waals surface area contributed by atoms with Gasteiger partial charge >= 0.3 is 0 Å². The molecule has 0 aliphatic carbocycles. The molecule has 0 aliphatic rings. The van der Waals surface area contributed by atoms with Gasteiger partial charge in [-0.25, -0.2) is 8.42 Å². The standard InChI is InChI=1S/C11H16O4S/c1-7-5-9(12)8(11(2,3)4)6-10(7)16(13,14)15/h5-6,12H,1-4H3,(H,13,14,15)/p-1. The van der Waals surface area contributed by atoms with E-state index < -0.39 is 15.5 Å². The summed E-state index contributed by atoms with van der Waals surface area (Å²) in [6.45, 7) is 6.98. The fraction of sp³-hybridized carbons (Fsp3) is 0.455. The lowest BCUT2D eigenvalue weighted by molar-refractivity contribution is 0.442. The molecular formula is C11H15O4S-.